The minimum absolute atomic E-state index is 0.0593. The standard InChI is InChI=1S/C14H12FNO4/c1-7-10-3-2-8(15)4-11(10)20-14(19)12(7)13(18)16-5-9(17)6-16/h2-4,9,17H,5-6H2,1H3. The fraction of sp³-hybridized carbons (Fsp3) is 0.286. The van der Waals surface area contributed by atoms with Gasteiger partial charge in [0.25, 0.3) is 5.91 Å². The molecule has 1 aliphatic heterocycles. The Hall–Kier alpha value is -2.21. The number of halogens is 1. The Labute approximate surface area is 113 Å². The van der Waals surface area contributed by atoms with Gasteiger partial charge in [-0.15, -0.1) is 0 Å². The average Bonchev–Trinajstić information content (AvgIpc) is 2.34. The number of nitrogens with zero attached hydrogens (tertiary/aromatic N) is 1. The molecule has 3 rings (SSSR count). The largest absolute Gasteiger partial charge is 0.422 e. The lowest BCUT2D eigenvalue weighted by Crippen LogP contribution is -2.54. The van der Waals surface area contributed by atoms with E-state index in [0.29, 0.717) is 10.9 Å². The first kappa shape index (κ1) is 12.8. The molecule has 104 valence electrons. The number of hydrogen-bond acceptors (Lipinski definition) is 4. The van der Waals surface area contributed by atoms with Crippen LogP contribution in [0.2, 0.25) is 0 Å². The van der Waals surface area contributed by atoms with E-state index >= 15 is 0 Å². The average molecular weight is 277 g/mol. The summed E-state index contributed by atoms with van der Waals surface area (Å²) in [7, 11) is 0. The third-order valence-corrected chi connectivity index (χ3v) is 3.49. The Morgan fingerprint density at radius 1 is 1.45 bits per heavy atom. The molecule has 0 bridgehead atoms. The van der Waals surface area contributed by atoms with Gasteiger partial charge in [0.05, 0.1) is 6.10 Å². The van der Waals surface area contributed by atoms with E-state index in [9.17, 15) is 19.1 Å². The van der Waals surface area contributed by atoms with Crippen molar-refractivity contribution in [3.63, 3.8) is 0 Å². The Kier molecular flexibility index (Phi) is 2.83. The molecule has 1 saturated heterocycles. The molecule has 1 aliphatic rings. The van der Waals surface area contributed by atoms with Crippen LogP contribution >= 0.6 is 0 Å². The van der Waals surface area contributed by atoms with Gasteiger partial charge < -0.3 is 14.4 Å². The summed E-state index contributed by atoms with van der Waals surface area (Å²) in [6, 6.07) is 3.84. The fourth-order valence-electron chi connectivity index (χ4n) is 2.36. The molecule has 0 atom stereocenters. The van der Waals surface area contributed by atoms with E-state index in [4.69, 9.17) is 4.42 Å². The van der Waals surface area contributed by atoms with E-state index < -0.39 is 23.5 Å². The van der Waals surface area contributed by atoms with Crippen molar-refractivity contribution in [1.82, 2.24) is 4.90 Å². The predicted octanol–water partition coefficient (Wildman–Crippen LogP) is 1.06. The molecule has 0 spiro atoms. The molecule has 6 heteroatoms. The van der Waals surface area contributed by atoms with Crippen LogP contribution in [0.5, 0.6) is 0 Å². The number of aliphatic hydroxyl groups excluding tert-OH is 1. The highest BCUT2D eigenvalue weighted by Gasteiger charge is 2.32. The summed E-state index contributed by atoms with van der Waals surface area (Å²) in [6.45, 7) is 2.04. The number of likely N-dealkylation sites (tertiary alicyclic amines) is 1. The highest BCUT2D eigenvalue weighted by atomic mass is 19.1. The minimum atomic E-state index is -0.785. The molecule has 1 aromatic carbocycles. The molecule has 0 aliphatic carbocycles. The van der Waals surface area contributed by atoms with Gasteiger partial charge in [-0.1, -0.05) is 0 Å². The number of β-amino-alcohol motifs (C(OH)–C–C–N with tert-alkyl or cyclic N) is 1. The molecular formula is C14H12FNO4. The molecular weight excluding hydrogens is 265 g/mol. The van der Waals surface area contributed by atoms with Crippen molar-refractivity contribution in [2.75, 3.05) is 13.1 Å². The van der Waals surface area contributed by atoms with Crippen LogP contribution in [0.15, 0.2) is 27.4 Å². The fourth-order valence-corrected chi connectivity index (χ4v) is 2.36. The van der Waals surface area contributed by atoms with E-state index in [1.54, 1.807) is 6.92 Å². The van der Waals surface area contributed by atoms with Crippen LogP contribution < -0.4 is 5.63 Å². The van der Waals surface area contributed by atoms with Gasteiger partial charge in [-0.25, -0.2) is 9.18 Å². The first-order chi connectivity index (χ1) is 9.47. The number of rotatable bonds is 1. The van der Waals surface area contributed by atoms with E-state index in [-0.39, 0.29) is 24.2 Å². The molecule has 1 aromatic heterocycles. The van der Waals surface area contributed by atoms with Gasteiger partial charge in [0.1, 0.15) is 17.0 Å². The highest BCUT2D eigenvalue weighted by Crippen LogP contribution is 2.22. The summed E-state index contributed by atoms with van der Waals surface area (Å²) in [6.07, 6.45) is -0.541. The number of hydrogen-bond donors (Lipinski definition) is 1. The summed E-state index contributed by atoms with van der Waals surface area (Å²) >= 11 is 0. The third kappa shape index (κ3) is 1.89. The molecule has 5 nitrogen and oxygen atoms in total. The van der Waals surface area contributed by atoms with E-state index in [2.05, 4.69) is 0 Å². The number of carbonyl (C=O) groups is 1. The number of aliphatic hydroxyl groups is 1. The Morgan fingerprint density at radius 3 is 2.80 bits per heavy atom. The SMILES string of the molecule is Cc1c(C(=O)N2CC(O)C2)c(=O)oc2cc(F)ccc12. The topological polar surface area (TPSA) is 70.8 Å². The van der Waals surface area contributed by atoms with Crippen LogP contribution in [0.1, 0.15) is 15.9 Å². The number of carbonyl (C=O) groups excluding carboxylic acids is 1. The van der Waals surface area contributed by atoms with E-state index in [1.807, 2.05) is 0 Å². The summed E-state index contributed by atoms with van der Waals surface area (Å²) in [5.41, 5.74) is -0.265. The second-order valence-corrected chi connectivity index (χ2v) is 4.89. The molecule has 0 saturated carbocycles. The molecule has 2 heterocycles. The van der Waals surface area contributed by atoms with E-state index in [1.165, 1.54) is 17.0 Å². The third-order valence-electron chi connectivity index (χ3n) is 3.49. The quantitative estimate of drug-likeness (QED) is 0.791. The van der Waals surface area contributed by atoms with Crippen molar-refractivity contribution in [3.8, 4) is 0 Å². The summed E-state index contributed by atoms with van der Waals surface area (Å²) < 4.78 is 18.1. The lowest BCUT2D eigenvalue weighted by atomic mass is 10.0. The van der Waals surface area contributed by atoms with Gasteiger partial charge in [0.15, 0.2) is 0 Å². The first-order valence-electron chi connectivity index (χ1n) is 6.17. The lowest BCUT2D eigenvalue weighted by Gasteiger charge is -2.35. The van der Waals surface area contributed by atoms with Crippen molar-refractivity contribution >= 4 is 16.9 Å². The summed E-state index contributed by atoms with van der Waals surface area (Å²) in [5.74, 6) is -0.974. The Morgan fingerprint density at radius 2 is 2.15 bits per heavy atom. The highest BCUT2D eigenvalue weighted by molar-refractivity contribution is 5.99. The Balaban J connectivity index is 2.14. The lowest BCUT2D eigenvalue weighted by molar-refractivity contribution is 0.00558. The first-order valence-corrected chi connectivity index (χ1v) is 6.17. The maximum atomic E-state index is 13.1. The predicted molar refractivity (Wildman–Crippen MR) is 69.1 cm³/mol. The van der Waals surface area contributed by atoms with Crippen LogP contribution in [0.25, 0.3) is 11.0 Å². The monoisotopic (exact) mass is 277 g/mol. The number of benzene rings is 1. The maximum absolute atomic E-state index is 13.1. The van der Waals surface area contributed by atoms with Gasteiger partial charge in [-0.05, 0) is 24.6 Å². The van der Waals surface area contributed by atoms with Crippen molar-refractivity contribution < 1.29 is 18.7 Å². The van der Waals surface area contributed by atoms with Gasteiger partial charge in [-0.2, -0.15) is 0 Å². The van der Waals surface area contributed by atoms with Crippen LogP contribution in [-0.2, 0) is 0 Å². The molecule has 20 heavy (non-hydrogen) atoms. The molecule has 1 N–H and O–H groups in total. The maximum Gasteiger partial charge on any atom is 0.349 e. The summed E-state index contributed by atoms with van der Waals surface area (Å²) in [5, 5.41) is 9.74. The van der Waals surface area contributed by atoms with Gasteiger partial charge in [0, 0.05) is 24.5 Å². The van der Waals surface area contributed by atoms with Crippen LogP contribution in [0, 0.1) is 12.7 Å². The van der Waals surface area contributed by atoms with Crippen molar-refractivity contribution in [2.45, 2.75) is 13.0 Å². The molecule has 1 amide bonds. The number of aryl methyl sites for hydroxylation is 1. The van der Waals surface area contributed by atoms with Crippen molar-refractivity contribution in [1.29, 1.82) is 0 Å². The zero-order chi connectivity index (χ0) is 14.4. The van der Waals surface area contributed by atoms with Crippen molar-refractivity contribution in [2.24, 2.45) is 0 Å². The molecule has 2 aromatic rings. The zero-order valence-electron chi connectivity index (χ0n) is 10.7. The minimum Gasteiger partial charge on any atom is -0.422 e. The normalized spacial score (nSPS) is 15.4. The van der Waals surface area contributed by atoms with Gasteiger partial charge >= 0.3 is 5.63 Å². The molecule has 1 fully saturated rings. The van der Waals surface area contributed by atoms with E-state index in [0.717, 1.165) is 6.07 Å². The van der Waals surface area contributed by atoms with Crippen LogP contribution in [0.4, 0.5) is 4.39 Å². The Bertz CT molecular complexity index is 762. The van der Waals surface area contributed by atoms with Gasteiger partial charge in [0.2, 0.25) is 0 Å². The number of amides is 1. The second-order valence-electron chi connectivity index (χ2n) is 4.89. The molecule has 0 unspecified atom stereocenters. The zero-order valence-corrected chi connectivity index (χ0v) is 10.7. The molecule has 0 radical (unpaired) electrons. The smallest absolute Gasteiger partial charge is 0.349 e. The number of fused-ring (bicyclic) bond motifs is 1. The van der Waals surface area contributed by atoms with Crippen LogP contribution in [-0.4, -0.2) is 35.1 Å². The second kappa shape index (κ2) is 4.42. The van der Waals surface area contributed by atoms with Gasteiger partial charge in [-0.3, -0.25) is 4.79 Å². The van der Waals surface area contributed by atoms with Crippen LogP contribution in [0.3, 0.4) is 0 Å². The van der Waals surface area contributed by atoms with Crippen molar-refractivity contribution in [3.05, 3.63) is 45.6 Å². The summed E-state index contributed by atoms with van der Waals surface area (Å²) in [4.78, 5) is 25.5.